The first-order valence-electron chi connectivity index (χ1n) is 6.67. The zero-order valence-electron chi connectivity index (χ0n) is 11.1. The number of para-hydroxylation sites is 2. The van der Waals surface area contributed by atoms with E-state index in [0.717, 1.165) is 16.7 Å². The van der Waals surface area contributed by atoms with Crippen molar-refractivity contribution in [3.8, 4) is 11.5 Å². The van der Waals surface area contributed by atoms with Gasteiger partial charge in [0.1, 0.15) is 5.52 Å². The van der Waals surface area contributed by atoms with Gasteiger partial charge in [-0.2, -0.15) is 0 Å². The number of nitrogens with zero attached hydrogens (tertiary/aromatic N) is 1. The molecular formula is C18H13NO. The number of oxazole rings is 1. The van der Waals surface area contributed by atoms with Gasteiger partial charge in [-0.3, -0.25) is 0 Å². The van der Waals surface area contributed by atoms with Gasteiger partial charge in [-0.25, -0.2) is 4.98 Å². The van der Waals surface area contributed by atoms with Crippen LogP contribution in [0.1, 0.15) is 5.56 Å². The minimum Gasteiger partial charge on any atom is -0.436 e. The number of hydrogen-bond donors (Lipinski definition) is 0. The highest BCUT2D eigenvalue weighted by atomic mass is 16.3. The Labute approximate surface area is 116 Å². The van der Waals surface area contributed by atoms with Gasteiger partial charge in [0.2, 0.25) is 5.89 Å². The van der Waals surface area contributed by atoms with Crippen molar-refractivity contribution in [3.05, 3.63) is 66.2 Å². The predicted octanol–water partition coefficient (Wildman–Crippen LogP) is 4.96. The van der Waals surface area contributed by atoms with Crippen LogP contribution in [0.4, 0.5) is 0 Å². The maximum absolute atomic E-state index is 5.93. The summed E-state index contributed by atoms with van der Waals surface area (Å²) in [7, 11) is 0. The smallest absolute Gasteiger partial charge is 0.228 e. The molecule has 1 heterocycles. The van der Waals surface area contributed by atoms with Gasteiger partial charge < -0.3 is 4.42 Å². The summed E-state index contributed by atoms with van der Waals surface area (Å²) in [6.45, 7) is 2.09. The van der Waals surface area contributed by atoms with Crippen LogP contribution in [0.25, 0.3) is 33.3 Å². The molecule has 0 N–H and O–H groups in total. The van der Waals surface area contributed by atoms with E-state index in [4.69, 9.17) is 4.42 Å². The van der Waals surface area contributed by atoms with Crippen molar-refractivity contribution in [2.75, 3.05) is 0 Å². The van der Waals surface area contributed by atoms with Crippen molar-refractivity contribution in [1.29, 1.82) is 0 Å². The second-order valence-electron chi connectivity index (χ2n) is 4.97. The largest absolute Gasteiger partial charge is 0.436 e. The minimum absolute atomic E-state index is 0.695. The molecule has 0 atom stereocenters. The van der Waals surface area contributed by atoms with Crippen molar-refractivity contribution in [3.63, 3.8) is 0 Å². The van der Waals surface area contributed by atoms with E-state index in [1.165, 1.54) is 16.3 Å². The standard InChI is InChI=1S/C18H13NO/c1-12-10-11-13-6-2-3-7-14(13)17(12)18-19-15-8-4-5-9-16(15)20-18/h2-11H,1H3. The van der Waals surface area contributed by atoms with E-state index in [1.54, 1.807) is 0 Å². The summed E-state index contributed by atoms with van der Waals surface area (Å²) in [6, 6.07) is 20.4. The summed E-state index contributed by atoms with van der Waals surface area (Å²) in [5.41, 5.74) is 3.99. The van der Waals surface area contributed by atoms with Gasteiger partial charge in [-0.15, -0.1) is 0 Å². The number of fused-ring (bicyclic) bond motifs is 2. The van der Waals surface area contributed by atoms with Crippen molar-refractivity contribution < 1.29 is 4.42 Å². The third-order valence-electron chi connectivity index (χ3n) is 3.65. The lowest BCUT2D eigenvalue weighted by Crippen LogP contribution is -1.86. The van der Waals surface area contributed by atoms with E-state index < -0.39 is 0 Å². The molecule has 2 nitrogen and oxygen atoms in total. The molecule has 0 aliphatic heterocycles. The Balaban J connectivity index is 2.08. The van der Waals surface area contributed by atoms with Crippen LogP contribution in [0.15, 0.2) is 65.1 Å². The van der Waals surface area contributed by atoms with Crippen molar-refractivity contribution in [2.45, 2.75) is 6.92 Å². The Kier molecular flexibility index (Phi) is 2.36. The fourth-order valence-corrected chi connectivity index (χ4v) is 2.64. The number of aromatic nitrogens is 1. The molecule has 96 valence electrons. The fourth-order valence-electron chi connectivity index (χ4n) is 2.64. The van der Waals surface area contributed by atoms with E-state index in [1.807, 2.05) is 36.4 Å². The zero-order chi connectivity index (χ0) is 13.5. The van der Waals surface area contributed by atoms with E-state index in [0.29, 0.717) is 5.89 Å². The van der Waals surface area contributed by atoms with Gasteiger partial charge in [-0.05, 0) is 35.4 Å². The molecule has 0 spiro atoms. The Morgan fingerprint density at radius 2 is 1.65 bits per heavy atom. The van der Waals surface area contributed by atoms with Gasteiger partial charge in [0, 0.05) is 5.56 Å². The normalized spacial score (nSPS) is 11.2. The fraction of sp³-hybridized carbons (Fsp3) is 0.0556. The van der Waals surface area contributed by atoms with Crippen molar-refractivity contribution >= 4 is 21.9 Å². The average Bonchev–Trinajstić information content (AvgIpc) is 2.90. The quantitative estimate of drug-likeness (QED) is 0.483. The van der Waals surface area contributed by atoms with Crippen LogP contribution in [0, 0.1) is 6.92 Å². The molecule has 0 unspecified atom stereocenters. The van der Waals surface area contributed by atoms with Crippen LogP contribution in [0.3, 0.4) is 0 Å². The van der Waals surface area contributed by atoms with E-state index in [-0.39, 0.29) is 0 Å². The summed E-state index contributed by atoms with van der Waals surface area (Å²) in [5, 5.41) is 2.38. The monoisotopic (exact) mass is 259 g/mol. The molecule has 3 aromatic carbocycles. The first-order chi connectivity index (χ1) is 9.83. The van der Waals surface area contributed by atoms with Crippen LogP contribution >= 0.6 is 0 Å². The summed E-state index contributed by atoms with van der Waals surface area (Å²) in [5.74, 6) is 0.695. The van der Waals surface area contributed by atoms with E-state index in [2.05, 4.69) is 36.2 Å². The Hall–Kier alpha value is -2.61. The summed E-state index contributed by atoms with van der Waals surface area (Å²) < 4.78 is 5.93. The van der Waals surface area contributed by atoms with E-state index >= 15 is 0 Å². The first kappa shape index (κ1) is 11.2. The molecule has 0 saturated carbocycles. The molecule has 0 fully saturated rings. The lowest BCUT2D eigenvalue weighted by molar-refractivity contribution is 0.620. The zero-order valence-corrected chi connectivity index (χ0v) is 11.1. The third kappa shape index (κ3) is 1.62. The SMILES string of the molecule is Cc1ccc2ccccc2c1-c1nc2ccccc2o1. The molecule has 0 radical (unpaired) electrons. The Morgan fingerprint density at radius 1 is 0.850 bits per heavy atom. The molecule has 4 aromatic rings. The molecule has 0 amide bonds. The number of hydrogen-bond acceptors (Lipinski definition) is 2. The highest BCUT2D eigenvalue weighted by Gasteiger charge is 2.13. The Bertz CT molecular complexity index is 888. The lowest BCUT2D eigenvalue weighted by atomic mass is 10.00. The lowest BCUT2D eigenvalue weighted by Gasteiger charge is -2.06. The average molecular weight is 259 g/mol. The van der Waals surface area contributed by atoms with Crippen LogP contribution in [-0.2, 0) is 0 Å². The summed E-state index contributed by atoms with van der Waals surface area (Å²) in [6.07, 6.45) is 0. The van der Waals surface area contributed by atoms with Crippen molar-refractivity contribution in [1.82, 2.24) is 4.98 Å². The van der Waals surface area contributed by atoms with E-state index in [9.17, 15) is 0 Å². The summed E-state index contributed by atoms with van der Waals surface area (Å²) in [4.78, 5) is 4.63. The van der Waals surface area contributed by atoms with Crippen LogP contribution in [-0.4, -0.2) is 4.98 Å². The second-order valence-corrected chi connectivity index (χ2v) is 4.97. The highest BCUT2D eigenvalue weighted by Crippen LogP contribution is 2.33. The second kappa shape index (κ2) is 4.20. The highest BCUT2D eigenvalue weighted by molar-refractivity contribution is 5.97. The number of benzene rings is 3. The van der Waals surface area contributed by atoms with Crippen LogP contribution in [0.5, 0.6) is 0 Å². The molecule has 1 aromatic heterocycles. The number of aryl methyl sites for hydroxylation is 1. The van der Waals surface area contributed by atoms with Gasteiger partial charge in [-0.1, -0.05) is 48.5 Å². The third-order valence-corrected chi connectivity index (χ3v) is 3.65. The maximum Gasteiger partial charge on any atom is 0.228 e. The molecule has 0 aliphatic carbocycles. The molecular weight excluding hydrogens is 246 g/mol. The molecule has 0 bridgehead atoms. The maximum atomic E-state index is 5.93. The van der Waals surface area contributed by atoms with Crippen molar-refractivity contribution in [2.24, 2.45) is 0 Å². The Morgan fingerprint density at radius 3 is 2.55 bits per heavy atom. The topological polar surface area (TPSA) is 26.0 Å². The molecule has 0 saturated heterocycles. The number of rotatable bonds is 1. The minimum atomic E-state index is 0.695. The van der Waals surface area contributed by atoms with Crippen LogP contribution < -0.4 is 0 Å². The molecule has 2 heteroatoms. The molecule has 4 rings (SSSR count). The molecule has 0 aliphatic rings. The van der Waals surface area contributed by atoms with Gasteiger partial charge in [0.15, 0.2) is 5.58 Å². The molecule has 20 heavy (non-hydrogen) atoms. The predicted molar refractivity (Wildman–Crippen MR) is 81.7 cm³/mol. The van der Waals surface area contributed by atoms with Gasteiger partial charge >= 0.3 is 0 Å². The first-order valence-corrected chi connectivity index (χ1v) is 6.67. The van der Waals surface area contributed by atoms with Gasteiger partial charge in [0.25, 0.3) is 0 Å². The van der Waals surface area contributed by atoms with Crippen LogP contribution in [0.2, 0.25) is 0 Å². The summed E-state index contributed by atoms with van der Waals surface area (Å²) >= 11 is 0. The van der Waals surface area contributed by atoms with Gasteiger partial charge in [0.05, 0.1) is 0 Å².